The number of hydrogen-bond donors (Lipinski definition) is 1. The van der Waals surface area contributed by atoms with E-state index in [1.165, 1.54) is 36.7 Å². The molecule has 1 aliphatic carbocycles. The third kappa shape index (κ3) is 2.73. The number of nitrogens with zero attached hydrogens (tertiary/aromatic N) is 2. The van der Waals surface area contributed by atoms with E-state index < -0.39 is 5.97 Å². The number of benzene rings is 1. The first-order valence-electron chi connectivity index (χ1n) is 6.14. The Labute approximate surface area is 113 Å². The van der Waals surface area contributed by atoms with Crippen LogP contribution in [-0.2, 0) is 11.3 Å². The molecule has 0 unspecified atom stereocenters. The van der Waals surface area contributed by atoms with Crippen LogP contribution in [-0.4, -0.2) is 26.4 Å². The van der Waals surface area contributed by atoms with Crippen LogP contribution < -0.4 is 0 Å². The van der Waals surface area contributed by atoms with E-state index in [0.717, 1.165) is 12.1 Å². The first kappa shape index (κ1) is 12.5. The fourth-order valence-electron chi connectivity index (χ4n) is 2.05. The summed E-state index contributed by atoms with van der Waals surface area (Å²) in [6.07, 6.45) is 2.40. The maximum absolute atomic E-state index is 13.2. The number of aromatic nitrogens is 2. The molecule has 2 aromatic rings. The van der Waals surface area contributed by atoms with Gasteiger partial charge in [0.2, 0.25) is 0 Å². The highest BCUT2D eigenvalue weighted by Crippen LogP contribution is 2.34. The molecule has 1 aliphatic rings. The number of fused-ring (bicyclic) bond motifs is 1. The van der Waals surface area contributed by atoms with Gasteiger partial charge in [-0.2, -0.15) is 0 Å². The summed E-state index contributed by atoms with van der Waals surface area (Å²) in [4.78, 5) is 15.0. The Morgan fingerprint density at radius 3 is 3.00 bits per heavy atom. The van der Waals surface area contributed by atoms with Crippen LogP contribution in [0.15, 0.2) is 23.4 Å². The Morgan fingerprint density at radius 2 is 2.32 bits per heavy atom. The number of carboxylic acid groups (broad SMARTS) is 1. The fraction of sp³-hybridized carbons (Fsp3) is 0.385. The zero-order valence-corrected chi connectivity index (χ0v) is 11.0. The largest absolute Gasteiger partial charge is 0.481 e. The highest BCUT2D eigenvalue weighted by atomic mass is 32.2. The van der Waals surface area contributed by atoms with Gasteiger partial charge in [0, 0.05) is 12.6 Å². The van der Waals surface area contributed by atoms with Gasteiger partial charge in [0.15, 0.2) is 5.16 Å². The molecular formula is C13H13FN2O2S. The summed E-state index contributed by atoms with van der Waals surface area (Å²) < 4.78 is 15.2. The molecule has 0 bridgehead atoms. The molecule has 1 saturated carbocycles. The van der Waals surface area contributed by atoms with Crippen LogP contribution >= 0.6 is 11.8 Å². The number of thioether (sulfide) groups is 1. The normalized spacial score (nSPS) is 15.0. The van der Waals surface area contributed by atoms with E-state index in [4.69, 9.17) is 5.11 Å². The highest BCUT2D eigenvalue weighted by molar-refractivity contribution is 7.99. The lowest BCUT2D eigenvalue weighted by Gasteiger charge is -2.06. The van der Waals surface area contributed by atoms with Crippen molar-refractivity contribution in [2.45, 2.75) is 24.5 Å². The maximum Gasteiger partial charge on any atom is 0.313 e. The van der Waals surface area contributed by atoms with E-state index in [1.807, 2.05) is 4.57 Å². The summed E-state index contributed by atoms with van der Waals surface area (Å²) in [5, 5.41) is 9.42. The van der Waals surface area contributed by atoms with Gasteiger partial charge in [-0.25, -0.2) is 9.37 Å². The van der Waals surface area contributed by atoms with Gasteiger partial charge in [0.25, 0.3) is 0 Å². The number of carboxylic acids is 1. The van der Waals surface area contributed by atoms with Crippen LogP contribution in [0, 0.1) is 11.7 Å². The summed E-state index contributed by atoms with van der Waals surface area (Å²) in [7, 11) is 0. The van der Waals surface area contributed by atoms with Crippen molar-refractivity contribution in [3.63, 3.8) is 0 Å². The van der Waals surface area contributed by atoms with Gasteiger partial charge in [-0.05, 0) is 30.9 Å². The maximum atomic E-state index is 13.2. The van der Waals surface area contributed by atoms with Gasteiger partial charge in [-0.3, -0.25) is 4.79 Å². The SMILES string of the molecule is O=C(O)CSc1nc2cc(F)ccc2n1CC1CC1. The lowest BCUT2D eigenvalue weighted by Crippen LogP contribution is -2.04. The summed E-state index contributed by atoms with van der Waals surface area (Å²) in [5.41, 5.74) is 1.47. The predicted molar refractivity (Wildman–Crippen MR) is 70.8 cm³/mol. The lowest BCUT2D eigenvalue weighted by atomic mass is 10.3. The minimum atomic E-state index is -0.874. The second kappa shape index (κ2) is 4.85. The van der Waals surface area contributed by atoms with E-state index in [2.05, 4.69) is 4.98 Å². The van der Waals surface area contributed by atoms with E-state index in [9.17, 15) is 9.18 Å². The van der Waals surface area contributed by atoms with Crippen molar-refractivity contribution in [1.82, 2.24) is 9.55 Å². The number of rotatable bonds is 5. The third-order valence-electron chi connectivity index (χ3n) is 3.14. The van der Waals surface area contributed by atoms with Crippen molar-refractivity contribution in [1.29, 1.82) is 0 Å². The van der Waals surface area contributed by atoms with Crippen LogP contribution in [0.25, 0.3) is 11.0 Å². The smallest absolute Gasteiger partial charge is 0.313 e. The fourth-order valence-corrected chi connectivity index (χ4v) is 2.80. The Bertz CT molecular complexity index is 637. The number of imidazole rings is 1. The second-order valence-corrected chi connectivity index (χ2v) is 5.71. The first-order chi connectivity index (χ1) is 9.13. The molecular weight excluding hydrogens is 267 g/mol. The van der Waals surface area contributed by atoms with Crippen molar-refractivity contribution in [2.24, 2.45) is 5.92 Å². The number of hydrogen-bond acceptors (Lipinski definition) is 3. The zero-order chi connectivity index (χ0) is 13.4. The zero-order valence-electron chi connectivity index (χ0n) is 10.2. The number of carbonyl (C=O) groups is 1. The van der Waals surface area contributed by atoms with Crippen LogP contribution in [0.3, 0.4) is 0 Å². The van der Waals surface area contributed by atoms with Gasteiger partial charge in [-0.15, -0.1) is 0 Å². The number of halogens is 1. The average Bonchev–Trinajstić information content (AvgIpc) is 3.10. The van der Waals surface area contributed by atoms with Crippen molar-refractivity contribution in [2.75, 3.05) is 5.75 Å². The van der Waals surface area contributed by atoms with Gasteiger partial charge in [0.1, 0.15) is 5.82 Å². The average molecular weight is 280 g/mol. The molecule has 1 aromatic carbocycles. The molecule has 0 aliphatic heterocycles. The Morgan fingerprint density at radius 1 is 1.53 bits per heavy atom. The molecule has 4 nitrogen and oxygen atoms in total. The topological polar surface area (TPSA) is 55.1 Å². The van der Waals surface area contributed by atoms with Crippen molar-refractivity contribution < 1.29 is 14.3 Å². The minimum absolute atomic E-state index is 0.0313. The third-order valence-corrected chi connectivity index (χ3v) is 4.10. The predicted octanol–water partition coefficient (Wildman–Crippen LogP) is 2.76. The van der Waals surface area contributed by atoms with Crippen LogP contribution in [0.2, 0.25) is 0 Å². The molecule has 0 amide bonds. The van der Waals surface area contributed by atoms with Gasteiger partial charge < -0.3 is 9.67 Å². The van der Waals surface area contributed by atoms with Crippen LogP contribution in [0.5, 0.6) is 0 Å². The summed E-state index contributed by atoms with van der Waals surface area (Å²) in [6.45, 7) is 0.837. The molecule has 1 fully saturated rings. The minimum Gasteiger partial charge on any atom is -0.481 e. The highest BCUT2D eigenvalue weighted by Gasteiger charge is 2.24. The van der Waals surface area contributed by atoms with Crippen LogP contribution in [0.1, 0.15) is 12.8 Å². The van der Waals surface area contributed by atoms with E-state index >= 15 is 0 Å². The molecule has 19 heavy (non-hydrogen) atoms. The molecule has 1 N–H and O–H groups in total. The first-order valence-corrected chi connectivity index (χ1v) is 7.12. The Balaban J connectivity index is 1.99. The summed E-state index contributed by atoms with van der Waals surface area (Å²) in [6, 6.07) is 4.52. The molecule has 100 valence electrons. The van der Waals surface area contributed by atoms with Crippen molar-refractivity contribution in [3.8, 4) is 0 Å². The standard InChI is InChI=1S/C13H13FN2O2S/c14-9-3-4-11-10(5-9)15-13(19-7-12(17)18)16(11)6-8-1-2-8/h3-5,8H,1-2,6-7H2,(H,17,18). The van der Waals surface area contributed by atoms with Crippen molar-refractivity contribution >= 4 is 28.8 Å². The molecule has 6 heteroatoms. The summed E-state index contributed by atoms with van der Waals surface area (Å²) >= 11 is 1.19. The molecule has 0 radical (unpaired) electrons. The molecule has 1 aromatic heterocycles. The molecule has 0 saturated heterocycles. The molecule has 3 rings (SSSR count). The quantitative estimate of drug-likeness (QED) is 0.856. The monoisotopic (exact) mass is 280 g/mol. The second-order valence-electron chi connectivity index (χ2n) is 4.76. The Hall–Kier alpha value is -1.56. The van der Waals surface area contributed by atoms with E-state index in [0.29, 0.717) is 16.6 Å². The summed E-state index contributed by atoms with van der Waals surface area (Å²) in [5.74, 6) is -0.581. The van der Waals surface area contributed by atoms with Crippen LogP contribution in [0.4, 0.5) is 4.39 Å². The van der Waals surface area contributed by atoms with E-state index in [1.54, 1.807) is 6.07 Å². The lowest BCUT2D eigenvalue weighted by molar-refractivity contribution is -0.133. The number of aliphatic carboxylic acids is 1. The van der Waals surface area contributed by atoms with Gasteiger partial charge >= 0.3 is 5.97 Å². The Kier molecular flexibility index (Phi) is 3.18. The van der Waals surface area contributed by atoms with Gasteiger partial charge in [0.05, 0.1) is 16.8 Å². The van der Waals surface area contributed by atoms with Crippen molar-refractivity contribution in [3.05, 3.63) is 24.0 Å². The van der Waals surface area contributed by atoms with E-state index in [-0.39, 0.29) is 11.6 Å². The molecule has 1 heterocycles. The molecule has 0 atom stereocenters. The van der Waals surface area contributed by atoms with Gasteiger partial charge in [-0.1, -0.05) is 11.8 Å². The molecule has 0 spiro atoms.